The fourth-order valence-corrected chi connectivity index (χ4v) is 2.34. The number of pyridine rings is 1. The molecule has 1 atom stereocenters. The lowest BCUT2D eigenvalue weighted by Crippen LogP contribution is -2.25. The molecule has 0 bridgehead atoms. The molecular weight excluding hydrogens is 269 g/mol. The van der Waals surface area contributed by atoms with Gasteiger partial charge in [0.25, 0.3) is 5.56 Å². The van der Waals surface area contributed by atoms with Crippen molar-refractivity contribution in [3.63, 3.8) is 0 Å². The van der Waals surface area contributed by atoms with E-state index >= 15 is 0 Å². The van der Waals surface area contributed by atoms with Crippen LogP contribution in [0.3, 0.4) is 0 Å². The Labute approximate surface area is 120 Å². The molecule has 2 aromatic heterocycles. The molecule has 21 heavy (non-hydrogen) atoms. The third kappa shape index (κ3) is 2.67. The molecule has 0 radical (unpaired) electrons. The molecule has 0 spiro atoms. The minimum absolute atomic E-state index is 0.104. The molecule has 3 rings (SSSR count). The number of benzene rings is 1. The van der Waals surface area contributed by atoms with Gasteiger partial charge in [-0.05, 0) is 37.3 Å². The number of hydrogen-bond donors (Lipinski definition) is 0. The molecule has 3 aromatic rings. The molecule has 106 valence electrons. The van der Waals surface area contributed by atoms with E-state index in [1.807, 2.05) is 25.1 Å². The van der Waals surface area contributed by atoms with Crippen LogP contribution in [0.1, 0.15) is 18.7 Å². The van der Waals surface area contributed by atoms with Gasteiger partial charge in [0.05, 0.1) is 17.2 Å². The van der Waals surface area contributed by atoms with Crippen LogP contribution >= 0.6 is 0 Å². The van der Waals surface area contributed by atoms with Crippen molar-refractivity contribution < 1.29 is 4.39 Å². The van der Waals surface area contributed by atoms with Crippen molar-refractivity contribution in [1.82, 2.24) is 14.5 Å². The highest BCUT2D eigenvalue weighted by molar-refractivity contribution is 5.77. The average molecular weight is 283 g/mol. The summed E-state index contributed by atoms with van der Waals surface area (Å²) in [5.74, 6) is -0.434. The van der Waals surface area contributed by atoms with Gasteiger partial charge in [0.15, 0.2) is 0 Å². The largest absolute Gasteiger partial charge is 0.295 e. The summed E-state index contributed by atoms with van der Waals surface area (Å²) in [7, 11) is 0. The molecule has 0 fully saturated rings. The van der Waals surface area contributed by atoms with Crippen molar-refractivity contribution in [2.24, 2.45) is 0 Å². The maximum atomic E-state index is 13.3. The molecule has 4 nitrogen and oxygen atoms in total. The van der Waals surface area contributed by atoms with Crippen LogP contribution in [0.4, 0.5) is 4.39 Å². The number of nitrogens with zero attached hydrogens (tertiary/aromatic N) is 3. The van der Waals surface area contributed by atoms with Crippen LogP contribution in [0.5, 0.6) is 0 Å². The van der Waals surface area contributed by atoms with Gasteiger partial charge in [-0.25, -0.2) is 9.37 Å². The first-order chi connectivity index (χ1) is 10.1. The van der Waals surface area contributed by atoms with Gasteiger partial charge in [-0.1, -0.05) is 6.07 Å². The molecule has 1 aromatic carbocycles. The Kier molecular flexibility index (Phi) is 3.48. The van der Waals surface area contributed by atoms with Crippen LogP contribution in [0, 0.1) is 5.82 Å². The topological polar surface area (TPSA) is 47.8 Å². The van der Waals surface area contributed by atoms with Crippen LogP contribution < -0.4 is 5.56 Å². The first-order valence-electron chi connectivity index (χ1n) is 6.71. The molecule has 0 amide bonds. The highest BCUT2D eigenvalue weighted by Crippen LogP contribution is 2.13. The molecule has 0 N–H and O–H groups in total. The molecule has 2 heterocycles. The predicted molar refractivity (Wildman–Crippen MR) is 78.6 cm³/mol. The summed E-state index contributed by atoms with van der Waals surface area (Å²) in [4.78, 5) is 20.9. The van der Waals surface area contributed by atoms with Crippen LogP contribution in [-0.2, 0) is 6.42 Å². The maximum Gasteiger partial charge on any atom is 0.261 e. The Morgan fingerprint density at radius 1 is 1.24 bits per heavy atom. The van der Waals surface area contributed by atoms with E-state index in [0.717, 1.165) is 5.69 Å². The second kappa shape index (κ2) is 5.44. The van der Waals surface area contributed by atoms with Crippen LogP contribution in [0.25, 0.3) is 10.9 Å². The number of rotatable bonds is 3. The van der Waals surface area contributed by atoms with Gasteiger partial charge in [-0.15, -0.1) is 0 Å². The first kappa shape index (κ1) is 13.4. The molecule has 0 aliphatic rings. The first-order valence-corrected chi connectivity index (χ1v) is 6.71. The Hall–Kier alpha value is -2.56. The molecule has 5 heteroatoms. The van der Waals surface area contributed by atoms with Gasteiger partial charge >= 0.3 is 0 Å². The van der Waals surface area contributed by atoms with E-state index < -0.39 is 5.82 Å². The van der Waals surface area contributed by atoms with E-state index in [9.17, 15) is 9.18 Å². The summed E-state index contributed by atoms with van der Waals surface area (Å²) in [6.07, 6.45) is 3.85. The summed E-state index contributed by atoms with van der Waals surface area (Å²) >= 11 is 0. The van der Waals surface area contributed by atoms with Gasteiger partial charge in [0.1, 0.15) is 5.82 Å². The lowest BCUT2D eigenvalue weighted by molar-refractivity contribution is 0.517. The second-order valence-corrected chi connectivity index (χ2v) is 4.99. The Bertz CT molecular complexity index is 830. The van der Waals surface area contributed by atoms with Crippen LogP contribution in [0.15, 0.2) is 53.7 Å². The van der Waals surface area contributed by atoms with Crippen molar-refractivity contribution in [1.29, 1.82) is 0 Å². The Balaban J connectivity index is 2.00. The lowest BCUT2D eigenvalue weighted by Gasteiger charge is -2.14. The molecule has 0 saturated carbocycles. The van der Waals surface area contributed by atoms with Gasteiger partial charge in [-0.3, -0.25) is 14.3 Å². The Morgan fingerprint density at radius 3 is 2.86 bits per heavy atom. The van der Waals surface area contributed by atoms with Gasteiger partial charge < -0.3 is 0 Å². The van der Waals surface area contributed by atoms with Gasteiger partial charge in [0, 0.05) is 24.4 Å². The number of hydrogen-bond acceptors (Lipinski definition) is 3. The van der Waals surface area contributed by atoms with Crippen molar-refractivity contribution >= 4 is 10.9 Å². The number of aromatic nitrogens is 3. The highest BCUT2D eigenvalue weighted by atomic mass is 19.1. The highest BCUT2D eigenvalue weighted by Gasteiger charge is 2.11. The Morgan fingerprint density at radius 2 is 2.10 bits per heavy atom. The average Bonchev–Trinajstić information content (AvgIpc) is 2.49. The lowest BCUT2D eigenvalue weighted by atomic mass is 10.1. The molecule has 0 aliphatic heterocycles. The SMILES string of the molecule is C[C@H](Cc1ccccn1)n1cnc2ccc(F)cc2c1=O. The van der Waals surface area contributed by atoms with E-state index in [1.54, 1.807) is 6.20 Å². The maximum absolute atomic E-state index is 13.3. The zero-order chi connectivity index (χ0) is 14.8. The van der Waals surface area contributed by atoms with Crippen molar-refractivity contribution in [2.75, 3.05) is 0 Å². The van der Waals surface area contributed by atoms with E-state index in [4.69, 9.17) is 0 Å². The van der Waals surface area contributed by atoms with Gasteiger partial charge in [0.2, 0.25) is 0 Å². The van der Waals surface area contributed by atoms with Crippen LogP contribution in [-0.4, -0.2) is 14.5 Å². The number of fused-ring (bicyclic) bond motifs is 1. The summed E-state index contributed by atoms with van der Waals surface area (Å²) < 4.78 is 14.8. The standard InChI is InChI=1S/C16H14FN3O/c1-11(8-13-4-2-3-7-18-13)20-10-19-15-6-5-12(17)9-14(15)16(20)21/h2-7,9-11H,8H2,1H3/t11-/m1/s1. The molecule has 0 aliphatic carbocycles. The monoisotopic (exact) mass is 283 g/mol. The summed E-state index contributed by atoms with van der Waals surface area (Å²) in [6.45, 7) is 1.92. The molecule has 0 saturated heterocycles. The normalized spacial score (nSPS) is 12.5. The van der Waals surface area contributed by atoms with E-state index in [2.05, 4.69) is 9.97 Å². The summed E-state index contributed by atoms with van der Waals surface area (Å²) in [5.41, 5.74) is 1.17. The van der Waals surface area contributed by atoms with Crippen molar-refractivity contribution in [2.45, 2.75) is 19.4 Å². The third-order valence-electron chi connectivity index (χ3n) is 3.45. The summed E-state index contributed by atoms with van der Waals surface area (Å²) in [5, 5.41) is 0.297. The minimum Gasteiger partial charge on any atom is -0.295 e. The van der Waals surface area contributed by atoms with E-state index in [0.29, 0.717) is 17.3 Å². The summed E-state index contributed by atoms with van der Waals surface area (Å²) in [6, 6.07) is 9.61. The predicted octanol–water partition coefficient (Wildman–Crippen LogP) is 2.73. The zero-order valence-corrected chi connectivity index (χ0v) is 11.5. The van der Waals surface area contributed by atoms with E-state index in [1.165, 1.54) is 29.1 Å². The number of halogens is 1. The smallest absolute Gasteiger partial charge is 0.261 e. The second-order valence-electron chi connectivity index (χ2n) is 4.99. The van der Waals surface area contributed by atoms with Gasteiger partial charge in [-0.2, -0.15) is 0 Å². The molecule has 0 unspecified atom stereocenters. The van der Waals surface area contributed by atoms with Crippen LogP contribution in [0.2, 0.25) is 0 Å². The zero-order valence-electron chi connectivity index (χ0n) is 11.5. The minimum atomic E-state index is -0.434. The van der Waals surface area contributed by atoms with E-state index in [-0.39, 0.29) is 11.6 Å². The quantitative estimate of drug-likeness (QED) is 0.742. The van der Waals surface area contributed by atoms with Crippen molar-refractivity contribution in [3.8, 4) is 0 Å². The molecular formula is C16H14FN3O. The van der Waals surface area contributed by atoms with Crippen molar-refractivity contribution in [3.05, 3.63) is 70.8 Å². The fraction of sp³-hybridized carbons (Fsp3) is 0.188. The fourth-order valence-electron chi connectivity index (χ4n) is 2.34. The third-order valence-corrected chi connectivity index (χ3v) is 3.45.